The van der Waals surface area contributed by atoms with Crippen molar-refractivity contribution in [2.75, 3.05) is 0 Å². The van der Waals surface area contributed by atoms with E-state index in [1.807, 2.05) is 73.6 Å². The Balaban J connectivity index is 0.000000218. The van der Waals surface area contributed by atoms with Crippen LogP contribution in [-0.4, -0.2) is 20.9 Å². The normalized spacial score (nSPS) is 14.1. The number of rotatable bonds is 11. The van der Waals surface area contributed by atoms with Crippen LogP contribution in [0.15, 0.2) is 96.9 Å². The molecule has 0 bridgehead atoms. The fraction of sp³-hybridized carbons (Fsp3) is 0.411. The number of aryl methyl sites for hydroxylation is 4. The smallest absolute Gasteiger partial charge is 0.162 e. The van der Waals surface area contributed by atoms with Gasteiger partial charge in [0.2, 0.25) is 0 Å². The molecular formula is C56H68IrN2O2-2. The molecule has 0 aliphatic heterocycles. The third kappa shape index (κ3) is 12.6. The van der Waals surface area contributed by atoms with Crippen molar-refractivity contribution in [3.8, 4) is 22.5 Å². The number of ketones is 1. The van der Waals surface area contributed by atoms with Gasteiger partial charge in [-0.25, -0.2) is 0 Å². The molecule has 7 rings (SSSR count). The van der Waals surface area contributed by atoms with Crippen molar-refractivity contribution in [1.82, 2.24) is 9.97 Å². The average molecular weight is 997 g/mol. The number of fused-ring (bicyclic) bond motifs is 2. The largest absolute Gasteiger partial charge is 0.512 e. The Labute approximate surface area is 386 Å². The van der Waals surface area contributed by atoms with Crippen LogP contribution in [0.2, 0.25) is 0 Å². The van der Waals surface area contributed by atoms with Crippen LogP contribution < -0.4 is 0 Å². The molecule has 0 atom stereocenters. The molecule has 6 aromatic rings. The van der Waals surface area contributed by atoms with Crippen molar-refractivity contribution < 1.29 is 35.5 Å². The summed E-state index contributed by atoms with van der Waals surface area (Å²) < 4.78 is 32.8. The van der Waals surface area contributed by atoms with E-state index < -0.39 is 0 Å². The maximum absolute atomic E-state index is 11.9. The topological polar surface area (TPSA) is 63.1 Å². The molecule has 1 aliphatic carbocycles. The van der Waals surface area contributed by atoms with Gasteiger partial charge in [-0.15, -0.1) is 69.8 Å². The van der Waals surface area contributed by atoms with Crippen molar-refractivity contribution in [3.05, 3.63) is 142 Å². The minimum atomic E-state index is -0.248. The second-order valence-corrected chi connectivity index (χ2v) is 17.4. The molecule has 2 heterocycles. The Morgan fingerprint density at radius 3 is 1.74 bits per heavy atom. The molecule has 325 valence electrons. The molecule has 61 heavy (non-hydrogen) atoms. The van der Waals surface area contributed by atoms with Gasteiger partial charge in [0.15, 0.2) is 5.78 Å². The van der Waals surface area contributed by atoms with Crippen molar-refractivity contribution in [1.29, 1.82) is 0 Å². The third-order valence-corrected chi connectivity index (χ3v) is 12.5. The summed E-state index contributed by atoms with van der Waals surface area (Å²) in [7, 11) is 0. The Bertz CT molecular complexity index is 2600. The Hall–Kier alpha value is -4.44. The first-order chi connectivity index (χ1) is 30.3. The van der Waals surface area contributed by atoms with Gasteiger partial charge in [0, 0.05) is 49.9 Å². The molecule has 2 aromatic heterocycles. The summed E-state index contributed by atoms with van der Waals surface area (Å²) in [5, 5.41) is 13.5. The van der Waals surface area contributed by atoms with Crippen LogP contribution in [0.4, 0.5) is 0 Å². The molecule has 4 aromatic carbocycles. The molecule has 0 spiro atoms. The van der Waals surface area contributed by atoms with Crippen LogP contribution in [0.1, 0.15) is 151 Å². The summed E-state index contributed by atoms with van der Waals surface area (Å²) in [6, 6.07) is 27.9. The van der Waals surface area contributed by atoms with E-state index in [1.54, 1.807) is 0 Å². The van der Waals surface area contributed by atoms with Gasteiger partial charge in [-0.1, -0.05) is 125 Å². The maximum Gasteiger partial charge on any atom is 0.162 e. The van der Waals surface area contributed by atoms with Crippen molar-refractivity contribution in [2.45, 2.75) is 139 Å². The summed E-state index contributed by atoms with van der Waals surface area (Å²) in [5.74, 6) is 1.35. The van der Waals surface area contributed by atoms with Gasteiger partial charge in [0.1, 0.15) is 5.76 Å². The van der Waals surface area contributed by atoms with Crippen molar-refractivity contribution in [2.24, 2.45) is 11.3 Å². The van der Waals surface area contributed by atoms with Crippen molar-refractivity contribution in [3.63, 3.8) is 0 Å². The van der Waals surface area contributed by atoms with Gasteiger partial charge in [-0.05, 0) is 107 Å². The Kier molecular flexibility index (Phi) is 16.0. The number of pyridine rings is 2. The number of nitrogens with zero attached hydrogens (tertiary/aromatic N) is 2. The van der Waals surface area contributed by atoms with Gasteiger partial charge in [0.05, 0.1) is 5.48 Å². The van der Waals surface area contributed by atoms with Gasteiger partial charge in [-0.3, -0.25) is 4.79 Å². The minimum Gasteiger partial charge on any atom is -0.512 e. The van der Waals surface area contributed by atoms with Gasteiger partial charge in [0.25, 0.3) is 0 Å². The van der Waals surface area contributed by atoms with E-state index in [-0.39, 0.29) is 67.4 Å². The van der Waals surface area contributed by atoms with Gasteiger partial charge >= 0.3 is 0 Å². The van der Waals surface area contributed by atoms with Crippen LogP contribution in [0, 0.1) is 51.2 Å². The van der Waals surface area contributed by atoms with E-state index >= 15 is 0 Å². The fourth-order valence-electron chi connectivity index (χ4n) is 8.21. The molecule has 4 nitrogen and oxygen atoms in total. The number of aliphatic hydroxyl groups excluding tert-OH is 1. The van der Waals surface area contributed by atoms with E-state index in [4.69, 9.17) is 5.48 Å². The Morgan fingerprint density at radius 2 is 1.28 bits per heavy atom. The molecular weight excluding hydrogens is 925 g/mol. The standard InChI is InChI=1S/C22H22N.C20H20N.C14H26O2.Ir/c1-15-11-16(2)13-20(12-15)22-21-8-7-18(17-5-3-4-6-17)14-19(21)9-10-23-22;1-13(2)16-5-6-19-17(12-16)7-8-21-20(19)18-10-14(3)9-15(4)11-18;1-6-11(7-2)12(15)10-13(16)14(5,8-3)9-4;/h7-12,14,17H,3-6H2,1-2H3;5-10,12-13H,1-4H3;10-11,16H,6-9H2,1-5H3;/q2*-1;;/b;;13-10-;/i9D,10D;7D,8D;;. The monoisotopic (exact) mass is 998 g/mol. The van der Waals surface area contributed by atoms with Crippen LogP contribution in [-0.2, 0) is 24.9 Å². The number of hydrogen-bond donors (Lipinski definition) is 1. The zero-order valence-corrected chi connectivity index (χ0v) is 40.7. The molecule has 1 saturated carbocycles. The van der Waals surface area contributed by atoms with Crippen LogP contribution in [0.5, 0.6) is 0 Å². The predicted octanol–water partition coefficient (Wildman–Crippen LogP) is 15.7. The second kappa shape index (κ2) is 22.6. The number of carbonyl (C=O) groups excluding carboxylic acids is 1. The first-order valence-electron chi connectivity index (χ1n) is 24.1. The molecule has 1 aliphatic rings. The summed E-state index contributed by atoms with van der Waals surface area (Å²) in [4.78, 5) is 20.7. The molecule has 1 radical (unpaired) electrons. The summed E-state index contributed by atoms with van der Waals surface area (Å²) in [5.41, 5.74) is 9.95. The van der Waals surface area contributed by atoms with Gasteiger partial charge in [-0.2, -0.15) is 0 Å². The first-order valence-corrected chi connectivity index (χ1v) is 22.1. The summed E-state index contributed by atoms with van der Waals surface area (Å²) >= 11 is 0. The number of hydrogen-bond acceptors (Lipinski definition) is 4. The van der Waals surface area contributed by atoms with E-state index in [0.29, 0.717) is 11.8 Å². The third-order valence-electron chi connectivity index (χ3n) is 12.5. The number of carbonyl (C=O) groups is 1. The van der Waals surface area contributed by atoms with E-state index in [1.165, 1.54) is 42.9 Å². The average Bonchev–Trinajstić information content (AvgIpc) is 3.81. The molecule has 1 N–H and O–H groups in total. The number of aliphatic hydroxyl groups is 1. The van der Waals surface area contributed by atoms with Gasteiger partial charge < -0.3 is 15.1 Å². The molecule has 0 unspecified atom stereocenters. The Morgan fingerprint density at radius 1 is 0.787 bits per heavy atom. The van der Waals surface area contributed by atoms with Crippen LogP contribution in [0.25, 0.3) is 44.1 Å². The van der Waals surface area contributed by atoms with E-state index in [0.717, 1.165) is 92.0 Å². The molecule has 0 amide bonds. The maximum atomic E-state index is 11.9. The zero-order valence-electron chi connectivity index (χ0n) is 42.3. The fourth-order valence-corrected chi connectivity index (χ4v) is 8.21. The SMILES string of the molecule is CCC(CC)C(=O)/C=C(\O)C(C)(CC)CC.[2H]c1nc(-c2[c-]c(C)cc(C)c2)c2ccc(C(C)C)cc2c1[2H].[2H]c1nc(-c2[c-]c(C)cc(C)c2)c2ccc(C3CCCC3)cc2c1[2H].[Ir]. The number of aromatic nitrogens is 2. The molecule has 1 fully saturated rings. The predicted molar refractivity (Wildman–Crippen MR) is 255 cm³/mol. The summed E-state index contributed by atoms with van der Waals surface area (Å²) in [6.07, 6.45) is 9.93. The van der Waals surface area contributed by atoms with E-state index in [9.17, 15) is 9.90 Å². The quantitative estimate of drug-likeness (QED) is 0.0798. The van der Waals surface area contributed by atoms with Crippen molar-refractivity contribution >= 4 is 27.3 Å². The number of allylic oxidation sites excluding steroid dienone is 2. The second-order valence-electron chi connectivity index (χ2n) is 17.4. The van der Waals surface area contributed by atoms with Crippen LogP contribution >= 0.6 is 0 Å². The molecule has 5 heteroatoms. The van der Waals surface area contributed by atoms with Crippen LogP contribution in [0.3, 0.4) is 0 Å². The molecule has 0 saturated heterocycles. The minimum absolute atomic E-state index is 0. The summed E-state index contributed by atoms with van der Waals surface area (Å²) in [6.45, 7) is 22.5. The van der Waals surface area contributed by atoms with E-state index in [2.05, 4.69) is 85.3 Å². The zero-order chi connectivity index (χ0) is 47.0. The first kappa shape index (κ1) is 43.2. The number of benzene rings is 4.